The zero-order valence-electron chi connectivity index (χ0n) is 10.0. The van der Waals surface area contributed by atoms with Gasteiger partial charge in [-0.1, -0.05) is 28.1 Å². The first kappa shape index (κ1) is 13.2. The first-order chi connectivity index (χ1) is 8.47. The van der Waals surface area contributed by atoms with Crippen LogP contribution in [0.3, 0.4) is 0 Å². The highest BCUT2D eigenvalue weighted by Gasteiger charge is 2.23. The highest BCUT2D eigenvalue weighted by Crippen LogP contribution is 2.22. The van der Waals surface area contributed by atoms with Gasteiger partial charge < -0.3 is 5.73 Å². The minimum Gasteiger partial charge on any atom is -0.320 e. The SMILES string of the molecule is CC(N)(Cc1ccc(Br)cc1)c1ccc(F)cn1. The van der Waals surface area contributed by atoms with Crippen LogP contribution < -0.4 is 5.73 Å². The van der Waals surface area contributed by atoms with Gasteiger partial charge in [0.2, 0.25) is 0 Å². The average molecular weight is 309 g/mol. The number of hydrogen-bond donors (Lipinski definition) is 1. The lowest BCUT2D eigenvalue weighted by Crippen LogP contribution is -2.36. The van der Waals surface area contributed by atoms with E-state index in [1.165, 1.54) is 12.3 Å². The molecule has 94 valence electrons. The van der Waals surface area contributed by atoms with E-state index in [-0.39, 0.29) is 5.82 Å². The van der Waals surface area contributed by atoms with E-state index >= 15 is 0 Å². The van der Waals surface area contributed by atoms with Crippen LogP contribution in [0.5, 0.6) is 0 Å². The Morgan fingerprint density at radius 1 is 1.22 bits per heavy atom. The number of hydrogen-bond acceptors (Lipinski definition) is 2. The van der Waals surface area contributed by atoms with Gasteiger partial charge in [0.05, 0.1) is 17.4 Å². The van der Waals surface area contributed by atoms with Crippen molar-refractivity contribution in [3.63, 3.8) is 0 Å². The van der Waals surface area contributed by atoms with Gasteiger partial charge in [-0.15, -0.1) is 0 Å². The van der Waals surface area contributed by atoms with E-state index in [1.54, 1.807) is 6.07 Å². The molecule has 1 atom stereocenters. The molecule has 2 rings (SSSR count). The molecule has 0 saturated carbocycles. The summed E-state index contributed by atoms with van der Waals surface area (Å²) < 4.78 is 13.9. The molecule has 0 radical (unpaired) electrons. The maximum atomic E-state index is 12.8. The summed E-state index contributed by atoms with van der Waals surface area (Å²) in [5, 5.41) is 0. The van der Waals surface area contributed by atoms with E-state index in [0.717, 1.165) is 10.0 Å². The molecule has 1 aromatic carbocycles. The van der Waals surface area contributed by atoms with Gasteiger partial charge in [-0.25, -0.2) is 4.39 Å². The molecule has 0 aliphatic heterocycles. The Balaban J connectivity index is 2.20. The van der Waals surface area contributed by atoms with E-state index < -0.39 is 5.54 Å². The van der Waals surface area contributed by atoms with Crippen LogP contribution in [0.1, 0.15) is 18.2 Å². The third-order valence-corrected chi connectivity index (χ3v) is 3.33. The number of aromatic nitrogens is 1. The summed E-state index contributed by atoms with van der Waals surface area (Å²) in [4.78, 5) is 4.05. The van der Waals surface area contributed by atoms with Crippen LogP contribution in [0.25, 0.3) is 0 Å². The van der Waals surface area contributed by atoms with Gasteiger partial charge in [0.15, 0.2) is 0 Å². The van der Waals surface area contributed by atoms with Crippen LogP contribution in [0, 0.1) is 5.82 Å². The number of nitrogens with two attached hydrogens (primary N) is 1. The Hall–Kier alpha value is -1.26. The average Bonchev–Trinajstić information content (AvgIpc) is 2.32. The van der Waals surface area contributed by atoms with Crippen LogP contribution in [0.2, 0.25) is 0 Å². The predicted molar refractivity (Wildman–Crippen MR) is 73.6 cm³/mol. The van der Waals surface area contributed by atoms with Gasteiger partial charge in [-0.2, -0.15) is 0 Å². The Labute approximate surface area is 114 Å². The van der Waals surface area contributed by atoms with Crippen molar-refractivity contribution in [1.82, 2.24) is 4.98 Å². The van der Waals surface area contributed by atoms with Gasteiger partial charge in [-0.05, 0) is 43.2 Å². The normalized spacial score (nSPS) is 14.2. The van der Waals surface area contributed by atoms with E-state index in [1.807, 2.05) is 31.2 Å². The van der Waals surface area contributed by atoms with E-state index in [9.17, 15) is 4.39 Å². The Morgan fingerprint density at radius 3 is 2.44 bits per heavy atom. The fourth-order valence-corrected chi connectivity index (χ4v) is 2.09. The summed E-state index contributed by atoms with van der Waals surface area (Å²) in [6.45, 7) is 1.90. The Morgan fingerprint density at radius 2 is 1.89 bits per heavy atom. The second kappa shape index (κ2) is 5.16. The molecule has 0 aliphatic rings. The summed E-state index contributed by atoms with van der Waals surface area (Å²) in [5.41, 5.74) is 7.46. The molecule has 2 N–H and O–H groups in total. The molecule has 1 heterocycles. The number of nitrogens with zero attached hydrogens (tertiary/aromatic N) is 1. The lowest BCUT2D eigenvalue weighted by atomic mass is 9.90. The van der Waals surface area contributed by atoms with Crippen molar-refractivity contribution >= 4 is 15.9 Å². The summed E-state index contributed by atoms with van der Waals surface area (Å²) >= 11 is 3.39. The first-order valence-corrected chi connectivity index (χ1v) is 6.42. The summed E-state index contributed by atoms with van der Waals surface area (Å²) in [6.07, 6.45) is 1.85. The minimum atomic E-state index is -0.610. The number of rotatable bonds is 3. The Kier molecular flexibility index (Phi) is 3.78. The zero-order chi connectivity index (χ0) is 13.2. The topological polar surface area (TPSA) is 38.9 Å². The summed E-state index contributed by atoms with van der Waals surface area (Å²) in [5.74, 6) is -0.349. The molecule has 4 heteroatoms. The van der Waals surface area contributed by atoms with Crippen LogP contribution in [-0.2, 0) is 12.0 Å². The zero-order valence-corrected chi connectivity index (χ0v) is 11.6. The van der Waals surface area contributed by atoms with E-state index in [2.05, 4.69) is 20.9 Å². The minimum absolute atomic E-state index is 0.349. The van der Waals surface area contributed by atoms with Crippen molar-refractivity contribution < 1.29 is 4.39 Å². The van der Waals surface area contributed by atoms with Gasteiger partial charge in [0.1, 0.15) is 5.82 Å². The molecular weight excluding hydrogens is 295 g/mol. The molecule has 0 bridgehead atoms. The van der Waals surface area contributed by atoms with Crippen molar-refractivity contribution in [2.75, 3.05) is 0 Å². The van der Waals surface area contributed by atoms with E-state index in [0.29, 0.717) is 12.1 Å². The summed E-state index contributed by atoms with van der Waals surface area (Å²) in [6, 6.07) is 11.0. The van der Waals surface area contributed by atoms with Crippen molar-refractivity contribution in [1.29, 1.82) is 0 Å². The number of benzene rings is 1. The molecule has 0 saturated heterocycles. The standard InChI is InChI=1S/C14H14BrFN2/c1-14(17,13-7-6-12(16)9-18-13)8-10-2-4-11(15)5-3-10/h2-7,9H,8,17H2,1H3. The molecule has 0 spiro atoms. The quantitative estimate of drug-likeness (QED) is 0.944. The van der Waals surface area contributed by atoms with Crippen molar-refractivity contribution in [3.8, 4) is 0 Å². The molecule has 0 aliphatic carbocycles. The van der Waals surface area contributed by atoms with Crippen LogP contribution in [0.4, 0.5) is 4.39 Å². The predicted octanol–water partition coefficient (Wildman–Crippen LogP) is 3.40. The molecule has 1 aromatic heterocycles. The molecule has 2 aromatic rings. The lowest BCUT2D eigenvalue weighted by molar-refractivity contribution is 0.472. The number of halogens is 2. The van der Waals surface area contributed by atoms with Gasteiger partial charge >= 0.3 is 0 Å². The second-order valence-corrected chi connectivity index (χ2v) is 5.50. The van der Waals surface area contributed by atoms with Crippen LogP contribution in [0.15, 0.2) is 47.1 Å². The van der Waals surface area contributed by atoms with Crippen molar-refractivity contribution in [2.45, 2.75) is 18.9 Å². The maximum Gasteiger partial charge on any atom is 0.141 e. The molecular formula is C14H14BrFN2. The monoisotopic (exact) mass is 308 g/mol. The lowest BCUT2D eigenvalue weighted by Gasteiger charge is -2.24. The van der Waals surface area contributed by atoms with Crippen LogP contribution >= 0.6 is 15.9 Å². The van der Waals surface area contributed by atoms with Gasteiger partial charge in [-0.3, -0.25) is 4.98 Å². The van der Waals surface area contributed by atoms with Crippen molar-refractivity contribution in [3.05, 3.63) is 64.1 Å². The van der Waals surface area contributed by atoms with Gasteiger partial charge in [0.25, 0.3) is 0 Å². The molecule has 0 amide bonds. The maximum absolute atomic E-state index is 12.8. The largest absolute Gasteiger partial charge is 0.320 e. The fraction of sp³-hybridized carbons (Fsp3) is 0.214. The first-order valence-electron chi connectivity index (χ1n) is 5.63. The highest BCUT2D eigenvalue weighted by atomic mass is 79.9. The van der Waals surface area contributed by atoms with Crippen LogP contribution in [-0.4, -0.2) is 4.98 Å². The van der Waals surface area contributed by atoms with Crippen molar-refractivity contribution in [2.24, 2.45) is 5.73 Å². The van der Waals surface area contributed by atoms with E-state index in [4.69, 9.17) is 5.73 Å². The third-order valence-electron chi connectivity index (χ3n) is 2.80. The third kappa shape index (κ3) is 3.15. The fourth-order valence-electron chi connectivity index (χ4n) is 1.83. The smallest absolute Gasteiger partial charge is 0.141 e. The molecule has 0 fully saturated rings. The molecule has 18 heavy (non-hydrogen) atoms. The number of pyridine rings is 1. The second-order valence-electron chi connectivity index (χ2n) is 4.58. The molecule has 1 unspecified atom stereocenters. The van der Waals surface area contributed by atoms with Gasteiger partial charge in [0, 0.05) is 4.47 Å². The summed E-state index contributed by atoms with van der Waals surface area (Å²) in [7, 11) is 0. The highest BCUT2D eigenvalue weighted by molar-refractivity contribution is 9.10. The molecule has 2 nitrogen and oxygen atoms in total. The Bertz CT molecular complexity index is 520.